The Kier molecular flexibility index (Phi) is 4.25. The molecule has 0 heterocycles. The summed E-state index contributed by atoms with van der Waals surface area (Å²) >= 11 is 3.13. The van der Waals surface area contributed by atoms with E-state index in [1.54, 1.807) is 26.0 Å². The van der Waals surface area contributed by atoms with E-state index in [0.717, 1.165) is 0 Å². The van der Waals surface area contributed by atoms with Crippen LogP contribution in [0.25, 0.3) is 0 Å². The summed E-state index contributed by atoms with van der Waals surface area (Å²) in [6.45, 7) is 3.35. The molecular weight excluding hydrogens is 359 g/mol. The molecule has 4 nitrogen and oxygen atoms in total. The zero-order chi connectivity index (χ0) is 15.8. The zero-order valence-corrected chi connectivity index (χ0v) is 13.8. The Morgan fingerprint density at radius 1 is 1.24 bits per heavy atom. The number of rotatable bonds is 3. The summed E-state index contributed by atoms with van der Waals surface area (Å²) in [6.07, 6.45) is 0. The zero-order valence-electron chi connectivity index (χ0n) is 11.4. The molecule has 21 heavy (non-hydrogen) atoms. The topological polar surface area (TPSA) is 72.2 Å². The van der Waals surface area contributed by atoms with Crippen molar-refractivity contribution in [3.8, 4) is 0 Å². The molecule has 0 unspecified atom stereocenters. The maximum absolute atomic E-state index is 13.8. The largest absolute Gasteiger partial charge is 0.398 e. The maximum Gasteiger partial charge on any atom is 0.262 e. The number of nitrogens with one attached hydrogen (secondary N) is 1. The van der Waals surface area contributed by atoms with E-state index in [2.05, 4.69) is 20.7 Å². The van der Waals surface area contributed by atoms with E-state index in [0.29, 0.717) is 21.3 Å². The van der Waals surface area contributed by atoms with Gasteiger partial charge in [-0.15, -0.1) is 0 Å². The first-order valence-electron chi connectivity index (χ1n) is 6.06. The Balaban J connectivity index is 2.54. The number of aryl methyl sites for hydroxylation is 1. The van der Waals surface area contributed by atoms with Crippen molar-refractivity contribution in [2.75, 3.05) is 10.5 Å². The van der Waals surface area contributed by atoms with Crippen LogP contribution in [0.3, 0.4) is 0 Å². The van der Waals surface area contributed by atoms with Crippen LogP contribution in [-0.4, -0.2) is 8.42 Å². The molecule has 0 saturated heterocycles. The Labute approximate surface area is 131 Å². The normalized spacial score (nSPS) is 11.4. The monoisotopic (exact) mass is 372 g/mol. The van der Waals surface area contributed by atoms with Crippen LogP contribution in [0.1, 0.15) is 11.1 Å². The van der Waals surface area contributed by atoms with Gasteiger partial charge in [0.1, 0.15) is 5.82 Å². The quantitative estimate of drug-likeness (QED) is 0.808. The molecule has 0 spiro atoms. The van der Waals surface area contributed by atoms with Gasteiger partial charge in [-0.05, 0) is 65.2 Å². The molecule has 2 aromatic carbocycles. The van der Waals surface area contributed by atoms with Gasteiger partial charge < -0.3 is 5.73 Å². The molecule has 2 aromatic rings. The van der Waals surface area contributed by atoms with E-state index in [4.69, 9.17) is 5.73 Å². The number of halogens is 2. The van der Waals surface area contributed by atoms with Crippen molar-refractivity contribution in [1.82, 2.24) is 0 Å². The molecule has 3 N–H and O–H groups in total. The first kappa shape index (κ1) is 15.8. The molecule has 0 aromatic heterocycles. The average molecular weight is 373 g/mol. The molecule has 0 atom stereocenters. The molecule has 0 saturated carbocycles. The van der Waals surface area contributed by atoms with Crippen LogP contribution < -0.4 is 10.5 Å². The van der Waals surface area contributed by atoms with E-state index < -0.39 is 15.8 Å². The Hall–Kier alpha value is -1.60. The lowest BCUT2D eigenvalue weighted by molar-refractivity contribution is 0.598. The van der Waals surface area contributed by atoms with Crippen molar-refractivity contribution >= 4 is 37.3 Å². The van der Waals surface area contributed by atoms with Crippen molar-refractivity contribution in [3.63, 3.8) is 0 Å². The van der Waals surface area contributed by atoms with Gasteiger partial charge >= 0.3 is 0 Å². The molecule has 2 rings (SSSR count). The highest BCUT2D eigenvalue weighted by Crippen LogP contribution is 2.30. The number of sulfonamides is 1. The second kappa shape index (κ2) is 5.65. The van der Waals surface area contributed by atoms with Crippen LogP contribution >= 0.6 is 15.9 Å². The summed E-state index contributed by atoms with van der Waals surface area (Å²) in [5.41, 5.74) is 7.19. The van der Waals surface area contributed by atoms with Crippen molar-refractivity contribution in [2.24, 2.45) is 0 Å². The molecular formula is C14H14BrFN2O2S. The van der Waals surface area contributed by atoms with Crippen molar-refractivity contribution in [3.05, 3.63) is 51.7 Å². The molecule has 0 bridgehead atoms. The highest BCUT2D eigenvalue weighted by atomic mass is 79.9. The fraction of sp³-hybridized carbons (Fsp3) is 0.143. The fourth-order valence-electron chi connectivity index (χ4n) is 1.92. The van der Waals surface area contributed by atoms with E-state index in [1.807, 2.05) is 0 Å². The molecule has 0 amide bonds. The predicted octanol–water partition coefficient (Wildman–Crippen LogP) is 3.59. The van der Waals surface area contributed by atoms with Crippen LogP contribution in [0.4, 0.5) is 15.8 Å². The summed E-state index contributed by atoms with van der Waals surface area (Å²) in [5, 5.41) is 0. The number of para-hydroxylation sites is 1. The lowest BCUT2D eigenvalue weighted by Gasteiger charge is -2.14. The van der Waals surface area contributed by atoms with Crippen molar-refractivity contribution in [1.29, 1.82) is 0 Å². The van der Waals surface area contributed by atoms with Gasteiger partial charge in [-0.3, -0.25) is 4.72 Å². The third-order valence-corrected chi connectivity index (χ3v) is 5.17. The van der Waals surface area contributed by atoms with Gasteiger partial charge in [0.15, 0.2) is 0 Å². The number of nitrogens with two attached hydrogens (primary N) is 1. The standard InChI is InChI=1S/C14H14BrFN2O2S/c1-8-6-12(17)9(2)13(7-8)21(19,20)18-14-10(15)4-3-5-11(14)16/h3-7,18H,17H2,1-2H3. The molecule has 7 heteroatoms. The van der Waals surface area contributed by atoms with Gasteiger partial charge in [-0.2, -0.15) is 0 Å². The van der Waals surface area contributed by atoms with Gasteiger partial charge in [0, 0.05) is 10.2 Å². The van der Waals surface area contributed by atoms with Crippen LogP contribution in [0, 0.1) is 19.7 Å². The summed E-state index contributed by atoms with van der Waals surface area (Å²) in [4.78, 5) is 0.0372. The average Bonchev–Trinajstić information content (AvgIpc) is 2.38. The third kappa shape index (κ3) is 3.19. The third-order valence-electron chi connectivity index (χ3n) is 3.03. The van der Waals surface area contributed by atoms with E-state index in [1.165, 1.54) is 18.2 Å². The van der Waals surface area contributed by atoms with Crippen LogP contribution in [-0.2, 0) is 10.0 Å². The molecule has 0 fully saturated rings. The Bertz CT molecular complexity index is 787. The highest BCUT2D eigenvalue weighted by Gasteiger charge is 2.21. The highest BCUT2D eigenvalue weighted by molar-refractivity contribution is 9.10. The van der Waals surface area contributed by atoms with Crippen molar-refractivity contribution in [2.45, 2.75) is 18.7 Å². The maximum atomic E-state index is 13.8. The van der Waals surface area contributed by atoms with Gasteiger partial charge in [-0.1, -0.05) is 6.07 Å². The Morgan fingerprint density at radius 3 is 2.52 bits per heavy atom. The van der Waals surface area contributed by atoms with E-state index >= 15 is 0 Å². The number of hydrogen-bond acceptors (Lipinski definition) is 3. The number of nitrogen functional groups attached to an aromatic ring is 1. The summed E-state index contributed by atoms with van der Waals surface area (Å²) in [7, 11) is -3.93. The second-order valence-corrected chi connectivity index (χ2v) is 7.18. The minimum Gasteiger partial charge on any atom is -0.398 e. The van der Waals surface area contributed by atoms with E-state index in [9.17, 15) is 12.8 Å². The van der Waals surface area contributed by atoms with Crippen LogP contribution in [0.5, 0.6) is 0 Å². The molecule has 0 aliphatic heterocycles. The summed E-state index contributed by atoms with van der Waals surface area (Å²) < 4.78 is 41.3. The van der Waals surface area contributed by atoms with Gasteiger partial charge in [0.05, 0.1) is 10.6 Å². The fourth-order valence-corrected chi connectivity index (χ4v) is 3.94. The number of hydrogen-bond donors (Lipinski definition) is 2. The molecule has 0 aliphatic rings. The summed E-state index contributed by atoms with van der Waals surface area (Å²) in [5.74, 6) is -0.661. The molecule has 0 aliphatic carbocycles. The smallest absolute Gasteiger partial charge is 0.262 e. The SMILES string of the molecule is Cc1cc(N)c(C)c(S(=O)(=O)Nc2c(F)cccc2Br)c1. The first-order chi connectivity index (χ1) is 9.72. The summed E-state index contributed by atoms with van der Waals surface area (Å²) in [6, 6.07) is 7.40. The molecule has 112 valence electrons. The predicted molar refractivity (Wildman–Crippen MR) is 85.2 cm³/mol. The van der Waals surface area contributed by atoms with E-state index in [-0.39, 0.29) is 10.6 Å². The lowest BCUT2D eigenvalue weighted by atomic mass is 10.1. The molecule has 0 radical (unpaired) electrons. The van der Waals surface area contributed by atoms with Gasteiger partial charge in [0.2, 0.25) is 0 Å². The first-order valence-corrected chi connectivity index (χ1v) is 8.33. The van der Waals surface area contributed by atoms with Crippen LogP contribution in [0.15, 0.2) is 39.7 Å². The Morgan fingerprint density at radius 2 is 1.90 bits per heavy atom. The minimum atomic E-state index is -3.93. The lowest BCUT2D eigenvalue weighted by Crippen LogP contribution is -2.16. The second-order valence-electron chi connectivity index (χ2n) is 4.68. The minimum absolute atomic E-state index is 0.0372. The van der Waals surface area contributed by atoms with Crippen LogP contribution in [0.2, 0.25) is 0 Å². The number of benzene rings is 2. The van der Waals surface area contributed by atoms with Crippen molar-refractivity contribution < 1.29 is 12.8 Å². The number of anilines is 2. The van der Waals surface area contributed by atoms with Gasteiger partial charge in [0.25, 0.3) is 10.0 Å². The van der Waals surface area contributed by atoms with Gasteiger partial charge in [-0.25, -0.2) is 12.8 Å².